The van der Waals surface area contributed by atoms with Gasteiger partial charge in [0.2, 0.25) is 11.8 Å². The van der Waals surface area contributed by atoms with Gasteiger partial charge >= 0.3 is 12.2 Å². The Bertz CT molecular complexity index is 1590. The summed E-state index contributed by atoms with van der Waals surface area (Å²) >= 11 is 0. The Balaban J connectivity index is 0.991. The Kier molecular flexibility index (Phi) is 10.3. The number of rotatable bonds is 9. The molecule has 2 heterocycles. The summed E-state index contributed by atoms with van der Waals surface area (Å²) in [4.78, 5) is 54.7. The van der Waals surface area contributed by atoms with Gasteiger partial charge in [-0.2, -0.15) is 0 Å². The SMILES string of the molecule is O=C(Nc1ccc(-c2ccc(NC(=O)[C@@H]3CCCN3C(=O)OCc3ccccc3)cc2)cc1)[C@@H]1CCCN1C(=O)OCc1ccccc1. The Morgan fingerprint density at radius 2 is 0.917 bits per heavy atom. The van der Waals surface area contributed by atoms with E-state index in [-0.39, 0.29) is 25.0 Å². The van der Waals surface area contributed by atoms with E-state index < -0.39 is 24.3 Å². The number of amides is 4. The average molecular weight is 647 g/mol. The second-order valence-corrected chi connectivity index (χ2v) is 11.9. The van der Waals surface area contributed by atoms with E-state index in [0.717, 1.165) is 35.1 Å². The van der Waals surface area contributed by atoms with Gasteiger partial charge < -0.3 is 20.1 Å². The summed E-state index contributed by atoms with van der Waals surface area (Å²) in [6.45, 7) is 1.26. The maximum atomic E-state index is 13.1. The molecule has 0 spiro atoms. The number of hydrogen-bond acceptors (Lipinski definition) is 6. The molecule has 0 unspecified atom stereocenters. The van der Waals surface area contributed by atoms with E-state index in [4.69, 9.17) is 9.47 Å². The van der Waals surface area contributed by atoms with Gasteiger partial charge in [0.1, 0.15) is 25.3 Å². The van der Waals surface area contributed by atoms with Crippen molar-refractivity contribution in [2.75, 3.05) is 23.7 Å². The topological polar surface area (TPSA) is 117 Å². The number of ether oxygens (including phenoxy) is 2. The van der Waals surface area contributed by atoms with Crippen molar-refractivity contribution in [3.63, 3.8) is 0 Å². The van der Waals surface area contributed by atoms with E-state index in [0.29, 0.717) is 37.3 Å². The van der Waals surface area contributed by atoms with Crippen LogP contribution in [-0.2, 0) is 32.3 Å². The van der Waals surface area contributed by atoms with Crippen LogP contribution < -0.4 is 10.6 Å². The van der Waals surface area contributed by atoms with E-state index in [1.165, 1.54) is 9.80 Å². The summed E-state index contributed by atoms with van der Waals surface area (Å²) in [5.41, 5.74) is 4.89. The third-order valence-electron chi connectivity index (χ3n) is 8.63. The van der Waals surface area contributed by atoms with Crippen LogP contribution in [0.1, 0.15) is 36.8 Å². The van der Waals surface area contributed by atoms with Crippen LogP contribution in [0.2, 0.25) is 0 Å². The lowest BCUT2D eigenvalue weighted by Crippen LogP contribution is -2.43. The minimum atomic E-state index is -0.591. The van der Waals surface area contributed by atoms with Gasteiger partial charge in [-0.15, -0.1) is 0 Å². The van der Waals surface area contributed by atoms with Gasteiger partial charge in [0.05, 0.1) is 0 Å². The third-order valence-corrected chi connectivity index (χ3v) is 8.63. The van der Waals surface area contributed by atoms with Crippen molar-refractivity contribution < 1.29 is 28.7 Å². The quantitative estimate of drug-likeness (QED) is 0.206. The zero-order valence-corrected chi connectivity index (χ0v) is 26.5. The van der Waals surface area contributed by atoms with E-state index in [9.17, 15) is 19.2 Å². The highest BCUT2D eigenvalue weighted by atomic mass is 16.6. The monoisotopic (exact) mass is 646 g/mol. The van der Waals surface area contributed by atoms with E-state index >= 15 is 0 Å². The molecule has 6 rings (SSSR count). The predicted octanol–water partition coefficient (Wildman–Crippen LogP) is 6.83. The second-order valence-electron chi connectivity index (χ2n) is 11.9. The second kappa shape index (κ2) is 15.3. The number of benzene rings is 4. The maximum Gasteiger partial charge on any atom is 0.410 e. The molecule has 4 amide bonds. The number of hydrogen-bond donors (Lipinski definition) is 2. The van der Waals surface area contributed by atoms with Crippen molar-refractivity contribution in [3.05, 3.63) is 120 Å². The van der Waals surface area contributed by atoms with Crippen molar-refractivity contribution in [1.29, 1.82) is 0 Å². The van der Waals surface area contributed by atoms with Crippen LogP contribution >= 0.6 is 0 Å². The first kappa shape index (κ1) is 32.3. The van der Waals surface area contributed by atoms with Crippen LogP contribution in [0.4, 0.5) is 21.0 Å². The van der Waals surface area contributed by atoms with Crippen molar-refractivity contribution in [1.82, 2.24) is 9.80 Å². The maximum absolute atomic E-state index is 13.1. The lowest BCUT2D eigenvalue weighted by atomic mass is 10.0. The van der Waals surface area contributed by atoms with Crippen LogP contribution in [0.5, 0.6) is 0 Å². The Hall–Kier alpha value is -5.64. The molecule has 0 bridgehead atoms. The first-order chi connectivity index (χ1) is 23.4. The van der Waals surface area contributed by atoms with Crippen molar-refractivity contribution in [2.45, 2.75) is 51.0 Å². The summed E-state index contributed by atoms with van der Waals surface area (Å²) in [6, 6.07) is 32.6. The Labute approximate surface area is 279 Å². The van der Waals surface area contributed by atoms with Crippen LogP contribution in [0.3, 0.4) is 0 Å². The molecule has 246 valence electrons. The number of likely N-dealkylation sites (tertiary alicyclic amines) is 2. The van der Waals surface area contributed by atoms with Crippen LogP contribution in [0.15, 0.2) is 109 Å². The summed E-state index contributed by atoms with van der Waals surface area (Å²) in [6.07, 6.45) is 1.62. The minimum Gasteiger partial charge on any atom is -0.445 e. The van der Waals surface area contributed by atoms with Gasteiger partial charge in [0, 0.05) is 24.5 Å². The molecule has 2 fully saturated rings. The fraction of sp³-hybridized carbons (Fsp3) is 0.263. The third kappa shape index (κ3) is 8.01. The predicted molar refractivity (Wildman–Crippen MR) is 182 cm³/mol. The molecule has 2 N–H and O–H groups in total. The zero-order chi connectivity index (χ0) is 33.3. The van der Waals surface area contributed by atoms with Crippen molar-refractivity contribution in [3.8, 4) is 11.1 Å². The zero-order valence-electron chi connectivity index (χ0n) is 26.5. The molecular weight excluding hydrogens is 608 g/mol. The molecular formula is C38H38N4O6. The molecule has 10 nitrogen and oxygen atoms in total. The largest absolute Gasteiger partial charge is 0.445 e. The summed E-state index contributed by atoms with van der Waals surface area (Å²) < 4.78 is 10.9. The normalized spacial score (nSPS) is 17.1. The molecule has 4 aromatic rings. The number of nitrogens with one attached hydrogen (secondary N) is 2. The van der Waals surface area contributed by atoms with Crippen molar-refractivity contribution in [2.24, 2.45) is 0 Å². The molecule has 0 aliphatic carbocycles. The Morgan fingerprint density at radius 3 is 1.29 bits per heavy atom. The fourth-order valence-corrected chi connectivity index (χ4v) is 6.06. The molecule has 0 radical (unpaired) electrons. The number of nitrogens with zero attached hydrogens (tertiary/aromatic N) is 2. The van der Waals surface area contributed by atoms with E-state index in [2.05, 4.69) is 10.6 Å². The summed E-state index contributed by atoms with van der Waals surface area (Å²) in [5.74, 6) is -0.496. The fourth-order valence-electron chi connectivity index (χ4n) is 6.06. The summed E-state index contributed by atoms with van der Waals surface area (Å²) in [7, 11) is 0. The average Bonchev–Trinajstić information content (AvgIpc) is 3.83. The van der Waals surface area contributed by atoms with Crippen LogP contribution in [0, 0.1) is 0 Å². The standard InChI is InChI=1S/C38H38N4O6/c43-35(33-13-7-23-41(33)37(45)47-25-27-9-3-1-4-10-27)39-31-19-15-29(16-20-31)30-17-21-32(22-18-30)40-36(44)34-14-8-24-42(34)38(46)48-26-28-11-5-2-6-12-28/h1-6,9-12,15-22,33-34H,7-8,13-14,23-26H2,(H,39,43)(H,40,44)/t33-,34-/m0/s1. The lowest BCUT2D eigenvalue weighted by molar-refractivity contribution is -0.120. The molecule has 0 saturated carbocycles. The number of carbonyl (C=O) groups excluding carboxylic acids is 4. The molecule has 2 aliphatic rings. The number of carbonyl (C=O) groups is 4. The first-order valence-electron chi connectivity index (χ1n) is 16.2. The first-order valence-corrected chi connectivity index (χ1v) is 16.2. The molecule has 2 saturated heterocycles. The smallest absolute Gasteiger partial charge is 0.410 e. The molecule has 48 heavy (non-hydrogen) atoms. The van der Waals surface area contributed by atoms with Crippen molar-refractivity contribution >= 4 is 35.4 Å². The van der Waals surface area contributed by atoms with Crippen LogP contribution in [0.25, 0.3) is 11.1 Å². The molecule has 4 aromatic carbocycles. The highest BCUT2D eigenvalue weighted by Gasteiger charge is 2.36. The Morgan fingerprint density at radius 1 is 0.542 bits per heavy atom. The molecule has 2 aliphatic heterocycles. The van der Waals surface area contributed by atoms with Gasteiger partial charge in [-0.3, -0.25) is 19.4 Å². The van der Waals surface area contributed by atoms with Gasteiger partial charge in [-0.1, -0.05) is 84.9 Å². The van der Waals surface area contributed by atoms with Gasteiger partial charge in [-0.05, 0) is 72.2 Å². The molecule has 2 atom stereocenters. The van der Waals surface area contributed by atoms with Gasteiger partial charge in [-0.25, -0.2) is 9.59 Å². The highest BCUT2D eigenvalue weighted by molar-refractivity contribution is 5.98. The van der Waals surface area contributed by atoms with Gasteiger partial charge in [0.25, 0.3) is 0 Å². The van der Waals surface area contributed by atoms with Gasteiger partial charge in [0.15, 0.2) is 0 Å². The van der Waals surface area contributed by atoms with E-state index in [1.54, 1.807) is 0 Å². The van der Waals surface area contributed by atoms with E-state index in [1.807, 2.05) is 109 Å². The van der Waals surface area contributed by atoms with Crippen LogP contribution in [-0.4, -0.2) is 59.0 Å². The number of anilines is 2. The minimum absolute atomic E-state index is 0.157. The lowest BCUT2D eigenvalue weighted by Gasteiger charge is -2.23. The summed E-state index contributed by atoms with van der Waals surface area (Å²) in [5, 5.41) is 5.87. The molecule has 10 heteroatoms. The highest BCUT2D eigenvalue weighted by Crippen LogP contribution is 2.26. The molecule has 0 aromatic heterocycles.